The van der Waals surface area contributed by atoms with E-state index in [1.807, 2.05) is 36.4 Å². The van der Waals surface area contributed by atoms with Crippen LogP contribution in [0.5, 0.6) is 0 Å². The van der Waals surface area contributed by atoms with E-state index >= 15 is 0 Å². The number of carboxylic acids is 1. The Labute approximate surface area is 166 Å². The van der Waals surface area contributed by atoms with E-state index in [2.05, 4.69) is 5.32 Å². The van der Waals surface area contributed by atoms with E-state index in [0.29, 0.717) is 34.4 Å². The Kier molecular flexibility index (Phi) is 4.99. The molecule has 4 rings (SSSR count). The summed E-state index contributed by atoms with van der Waals surface area (Å²) in [7, 11) is 0. The lowest BCUT2D eigenvalue weighted by atomic mass is 10.1. The van der Waals surface area contributed by atoms with Crippen molar-refractivity contribution in [1.29, 1.82) is 0 Å². The summed E-state index contributed by atoms with van der Waals surface area (Å²) in [6.07, 6.45) is 3.04. The SMILES string of the molecule is O=C(O)CCC(=O)Nc1ccc2c(=O)c3c(oc2c1)/C(=C/c1ccccc1)CC3. The van der Waals surface area contributed by atoms with E-state index in [1.54, 1.807) is 18.2 Å². The van der Waals surface area contributed by atoms with Gasteiger partial charge in [0.25, 0.3) is 0 Å². The third-order valence-corrected chi connectivity index (χ3v) is 4.91. The van der Waals surface area contributed by atoms with E-state index in [4.69, 9.17) is 9.52 Å². The van der Waals surface area contributed by atoms with Crippen LogP contribution in [0.25, 0.3) is 22.6 Å². The van der Waals surface area contributed by atoms with Gasteiger partial charge < -0.3 is 14.8 Å². The maximum absolute atomic E-state index is 12.9. The number of aliphatic carboxylic acids is 1. The van der Waals surface area contributed by atoms with E-state index in [0.717, 1.165) is 17.6 Å². The zero-order chi connectivity index (χ0) is 20.4. The Morgan fingerprint density at radius 2 is 1.86 bits per heavy atom. The zero-order valence-electron chi connectivity index (χ0n) is 15.6. The number of allylic oxidation sites excluding steroid dienone is 1. The predicted molar refractivity (Wildman–Crippen MR) is 111 cm³/mol. The highest BCUT2D eigenvalue weighted by molar-refractivity contribution is 5.95. The maximum atomic E-state index is 12.9. The van der Waals surface area contributed by atoms with Crippen LogP contribution in [-0.2, 0) is 16.0 Å². The van der Waals surface area contributed by atoms with Crippen molar-refractivity contribution in [3.63, 3.8) is 0 Å². The number of benzene rings is 2. The molecule has 0 saturated heterocycles. The average Bonchev–Trinajstić information content (AvgIpc) is 3.10. The van der Waals surface area contributed by atoms with Gasteiger partial charge in [0.2, 0.25) is 5.91 Å². The van der Waals surface area contributed by atoms with Crippen LogP contribution in [0.3, 0.4) is 0 Å². The molecule has 0 atom stereocenters. The number of nitrogens with one attached hydrogen (secondary N) is 1. The lowest BCUT2D eigenvalue weighted by Gasteiger charge is -2.07. The Balaban J connectivity index is 1.68. The second-order valence-electron chi connectivity index (χ2n) is 6.97. The molecule has 2 N–H and O–H groups in total. The molecule has 0 radical (unpaired) electrons. The number of carboxylic acid groups (broad SMARTS) is 1. The number of hydrogen-bond donors (Lipinski definition) is 2. The molecule has 1 aliphatic carbocycles. The first-order chi connectivity index (χ1) is 14.0. The average molecular weight is 389 g/mol. The Morgan fingerprint density at radius 1 is 1.07 bits per heavy atom. The van der Waals surface area contributed by atoms with Gasteiger partial charge in [-0.25, -0.2) is 0 Å². The summed E-state index contributed by atoms with van der Waals surface area (Å²) < 4.78 is 6.08. The first-order valence-corrected chi connectivity index (χ1v) is 9.38. The van der Waals surface area contributed by atoms with Crippen LogP contribution in [0, 0.1) is 0 Å². The molecular weight excluding hydrogens is 370 g/mol. The second kappa shape index (κ2) is 7.75. The van der Waals surface area contributed by atoms with Crippen molar-refractivity contribution in [2.24, 2.45) is 0 Å². The van der Waals surface area contributed by atoms with Gasteiger partial charge in [0.05, 0.1) is 11.8 Å². The van der Waals surface area contributed by atoms with E-state index < -0.39 is 11.9 Å². The number of rotatable bonds is 5. The third kappa shape index (κ3) is 3.96. The van der Waals surface area contributed by atoms with Gasteiger partial charge in [-0.15, -0.1) is 0 Å². The minimum absolute atomic E-state index is 0.0542. The van der Waals surface area contributed by atoms with E-state index in [9.17, 15) is 14.4 Å². The molecule has 29 heavy (non-hydrogen) atoms. The summed E-state index contributed by atoms with van der Waals surface area (Å²) in [5.41, 5.74) is 3.49. The molecule has 3 aromatic rings. The summed E-state index contributed by atoms with van der Waals surface area (Å²) in [6.45, 7) is 0. The Morgan fingerprint density at radius 3 is 2.62 bits per heavy atom. The first kappa shape index (κ1) is 18.7. The van der Waals surface area contributed by atoms with Crippen molar-refractivity contribution in [3.8, 4) is 0 Å². The minimum Gasteiger partial charge on any atom is -0.481 e. The monoisotopic (exact) mass is 389 g/mol. The lowest BCUT2D eigenvalue weighted by molar-refractivity contribution is -0.138. The number of anilines is 1. The molecule has 0 saturated carbocycles. The topological polar surface area (TPSA) is 96.6 Å². The van der Waals surface area contributed by atoms with Gasteiger partial charge in [-0.2, -0.15) is 0 Å². The minimum atomic E-state index is -1.03. The van der Waals surface area contributed by atoms with Crippen molar-refractivity contribution in [2.75, 3.05) is 5.32 Å². The second-order valence-corrected chi connectivity index (χ2v) is 6.97. The molecule has 0 bridgehead atoms. The maximum Gasteiger partial charge on any atom is 0.303 e. The van der Waals surface area contributed by atoms with E-state index in [1.165, 1.54) is 0 Å². The molecule has 2 aromatic carbocycles. The van der Waals surface area contributed by atoms with Crippen LogP contribution in [0.15, 0.2) is 57.7 Å². The van der Waals surface area contributed by atoms with Crippen LogP contribution in [0.2, 0.25) is 0 Å². The third-order valence-electron chi connectivity index (χ3n) is 4.91. The van der Waals surface area contributed by atoms with Gasteiger partial charge in [0, 0.05) is 23.7 Å². The fourth-order valence-corrected chi connectivity index (χ4v) is 3.50. The molecule has 1 aromatic heterocycles. The van der Waals surface area contributed by atoms with Crippen LogP contribution < -0.4 is 10.7 Å². The smallest absolute Gasteiger partial charge is 0.303 e. The zero-order valence-corrected chi connectivity index (χ0v) is 15.6. The summed E-state index contributed by atoms with van der Waals surface area (Å²) >= 11 is 0. The fraction of sp³-hybridized carbons (Fsp3) is 0.174. The number of amides is 1. The van der Waals surface area contributed by atoms with Crippen LogP contribution in [0.4, 0.5) is 5.69 Å². The molecular formula is C23H19NO5. The highest BCUT2D eigenvalue weighted by Gasteiger charge is 2.24. The molecule has 146 valence electrons. The van der Waals surface area contributed by atoms with Gasteiger partial charge in [-0.05, 0) is 42.2 Å². The molecule has 1 amide bonds. The van der Waals surface area contributed by atoms with Gasteiger partial charge in [-0.3, -0.25) is 14.4 Å². The number of hydrogen-bond acceptors (Lipinski definition) is 4. The highest BCUT2D eigenvalue weighted by Crippen LogP contribution is 2.34. The molecule has 1 aliphatic rings. The number of carbonyl (C=O) groups excluding carboxylic acids is 1. The number of fused-ring (bicyclic) bond motifs is 2. The predicted octanol–water partition coefficient (Wildman–Crippen LogP) is 4.08. The van der Waals surface area contributed by atoms with Gasteiger partial charge in [0.1, 0.15) is 11.3 Å². The van der Waals surface area contributed by atoms with E-state index in [-0.39, 0.29) is 18.3 Å². The van der Waals surface area contributed by atoms with Gasteiger partial charge >= 0.3 is 5.97 Å². The first-order valence-electron chi connectivity index (χ1n) is 9.38. The quantitative estimate of drug-likeness (QED) is 0.685. The van der Waals surface area contributed by atoms with Gasteiger partial charge in [-0.1, -0.05) is 30.3 Å². The molecule has 0 aliphatic heterocycles. The largest absolute Gasteiger partial charge is 0.481 e. The van der Waals surface area contributed by atoms with Crippen LogP contribution in [-0.4, -0.2) is 17.0 Å². The van der Waals surface area contributed by atoms with Crippen molar-refractivity contribution in [1.82, 2.24) is 0 Å². The Bertz CT molecular complexity index is 1190. The molecule has 6 nitrogen and oxygen atoms in total. The van der Waals surface area contributed by atoms with Crippen molar-refractivity contribution in [3.05, 3.63) is 75.6 Å². The lowest BCUT2D eigenvalue weighted by Crippen LogP contribution is -2.13. The number of carbonyl (C=O) groups is 2. The highest BCUT2D eigenvalue weighted by atomic mass is 16.4. The summed E-state index contributed by atoms with van der Waals surface area (Å²) in [5.74, 6) is -0.835. The summed E-state index contributed by atoms with van der Waals surface area (Å²) in [5, 5.41) is 11.8. The van der Waals surface area contributed by atoms with Crippen molar-refractivity contribution >= 4 is 40.2 Å². The van der Waals surface area contributed by atoms with Crippen LogP contribution in [0.1, 0.15) is 36.1 Å². The molecule has 0 fully saturated rings. The molecule has 0 unspecified atom stereocenters. The molecule has 1 heterocycles. The molecule has 6 heteroatoms. The van der Waals surface area contributed by atoms with Gasteiger partial charge in [0.15, 0.2) is 5.43 Å². The normalized spacial score (nSPS) is 14.1. The van der Waals surface area contributed by atoms with Crippen molar-refractivity contribution < 1.29 is 19.1 Å². The standard InChI is InChI=1S/C23H19NO5/c25-20(10-11-21(26)27)24-16-7-9-17-19(13-16)29-23-15(6-8-18(23)22(17)28)12-14-4-2-1-3-5-14/h1-5,7,9,12-13H,6,8,10-11H2,(H,24,25)(H,26,27)/b15-12+. The summed E-state index contributed by atoms with van der Waals surface area (Å²) in [4.78, 5) is 35.4. The van der Waals surface area contributed by atoms with Crippen LogP contribution >= 0.6 is 0 Å². The van der Waals surface area contributed by atoms with Crippen molar-refractivity contribution in [2.45, 2.75) is 25.7 Å². The summed E-state index contributed by atoms with van der Waals surface area (Å²) in [6, 6.07) is 14.7. The molecule has 0 spiro atoms. The fourth-order valence-electron chi connectivity index (χ4n) is 3.50. The Hall–Kier alpha value is -3.67.